The molecule has 0 saturated heterocycles. The molecule has 0 aliphatic heterocycles. The molecule has 5 nitrogen and oxygen atoms in total. The molecule has 0 unspecified atom stereocenters. The van der Waals surface area contributed by atoms with Gasteiger partial charge >= 0.3 is 5.97 Å². The molecule has 2 aromatic heterocycles. The van der Waals surface area contributed by atoms with Crippen LogP contribution >= 0.6 is 0 Å². The van der Waals surface area contributed by atoms with Crippen molar-refractivity contribution in [2.75, 3.05) is 0 Å². The van der Waals surface area contributed by atoms with Crippen LogP contribution in [0.2, 0.25) is 0 Å². The van der Waals surface area contributed by atoms with E-state index in [4.69, 9.17) is 10.2 Å². The average Bonchev–Trinajstić information content (AvgIpc) is 2.39. The highest BCUT2D eigenvalue weighted by Crippen LogP contribution is 2.19. The fraction of sp³-hybridized carbons (Fsp3) is 0. The Morgan fingerprint density at radius 1 is 1.06 bits per heavy atom. The van der Waals surface area contributed by atoms with Crippen LogP contribution in [0.25, 0.3) is 16.9 Å². The van der Waals surface area contributed by atoms with Gasteiger partial charge in [-0.15, -0.1) is 0 Å². The first-order chi connectivity index (χ1) is 8.58. The minimum atomic E-state index is -1.08. The standard InChI is InChI=1S/C13H10N2O3/c1-8(16)11-3-2-10(7-15-11)9-4-5-14-12(6-9)13(17)18/h2-7,16H,1H2,(H,17,18). The lowest BCUT2D eigenvalue weighted by molar-refractivity contribution is 0.0690. The molecule has 0 aliphatic rings. The van der Waals surface area contributed by atoms with Gasteiger partial charge < -0.3 is 10.2 Å². The molecule has 0 fully saturated rings. The molecule has 0 bridgehead atoms. The second-order valence-electron chi connectivity index (χ2n) is 3.61. The molecule has 5 heteroatoms. The molecular weight excluding hydrogens is 232 g/mol. The number of pyridine rings is 2. The number of aromatic nitrogens is 2. The van der Waals surface area contributed by atoms with Crippen LogP contribution in [0.3, 0.4) is 0 Å². The van der Waals surface area contributed by atoms with E-state index in [0.717, 1.165) is 5.56 Å². The predicted molar refractivity (Wildman–Crippen MR) is 66.1 cm³/mol. The second kappa shape index (κ2) is 4.67. The molecule has 18 heavy (non-hydrogen) atoms. The highest BCUT2D eigenvalue weighted by atomic mass is 16.4. The van der Waals surface area contributed by atoms with Crippen molar-refractivity contribution < 1.29 is 15.0 Å². The monoisotopic (exact) mass is 242 g/mol. The summed E-state index contributed by atoms with van der Waals surface area (Å²) in [5.74, 6) is -1.19. The number of carbonyl (C=O) groups is 1. The maximum atomic E-state index is 10.8. The van der Waals surface area contributed by atoms with Crippen molar-refractivity contribution in [2.45, 2.75) is 0 Å². The molecule has 2 rings (SSSR count). The summed E-state index contributed by atoms with van der Waals surface area (Å²) in [4.78, 5) is 18.6. The fourth-order valence-electron chi connectivity index (χ4n) is 1.46. The predicted octanol–water partition coefficient (Wildman–Crippen LogP) is 2.37. The van der Waals surface area contributed by atoms with E-state index in [9.17, 15) is 4.79 Å². The number of hydrogen-bond acceptors (Lipinski definition) is 4. The average molecular weight is 242 g/mol. The van der Waals surface area contributed by atoms with Crippen LogP contribution in [0.5, 0.6) is 0 Å². The number of nitrogens with zero attached hydrogens (tertiary/aromatic N) is 2. The van der Waals surface area contributed by atoms with Crippen LogP contribution in [-0.4, -0.2) is 26.2 Å². The Balaban J connectivity index is 2.39. The summed E-state index contributed by atoms with van der Waals surface area (Å²) in [5, 5.41) is 18.0. The molecule has 2 N–H and O–H groups in total. The first-order valence-corrected chi connectivity index (χ1v) is 5.12. The van der Waals surface area contributed by atoms with E-state index in [-0.39, 0.29) is 11.5 Å². The van der Waals surface area contributed by atoms with E-state index < -0.39 is 5.97 Å². The van der Waals surface area contributed by atoms with Crippen LogP contribution in [0, 0.1) is 0 Å². The molecule has 2 heterocycles. The van der Waals surface area contributed by atoms with E-state index in [1.807, 2.05) is 0 Å². The SMILES string of the molecule is C=C(O)c1ccc(-c2ccnc(C(=O)O)c2)cn1. The van der Waals surface area contributed by atoms with Gasteiger partial charge in [0.1, 0.15) is 17.1 Å². The van der Waals surface area contributed by atoms with Gasteiger partial charge in [0.2, 0.25) is 0 Å². The van der Waals surface area contributed by atoms with Crippen molar-refractivity contribution in [3.05, 3.63) is 54.6 Å². The van der Waals surface area contributed by atoms with Crippen molar-refractivity contribution in [2.24, 2.45) is 0 Å². The lowest BCUT2D eigenvalue weighted by atomic mass is 10.1. The maximum absolute atomic E-state index is 10.8. The number of carboxylic acid groups (broad SMARTS) is 1. The molecule has 0 aliphatic carbocycles. The number of aliphatic hydroxyl groups is 1. The first-order valence-electron chi connectivity index (χ1n) is 5.12. The Hall–Kier alpha value is -2.69. The normalized spacial score (nSPS) is 10.0. The Kier molecular flexibility index (Phi) is 3.05. The van der Waals surface area contributed by atoms with Gasteiger partial charge in [0.25, 0.3) is 0 Å². The van der Waals surface area contributed by atoms with Crippen molar-refractivity contribution >= 4 is 11.7 Å². The van der Waals surface area contributed by atoms with Crippen LogP contribution in [0.1, 0.15) is 16.2 Å². The molecule has 90 valence electrons. The van der Waals surface area contributed by atoms with Gasteiger partial charge in [0.05, 0.1) is 0 Å². The molecule has 0 spiro atoms. The van der Waals surface area contributed by atoms with Gasteiger partial charge in [-0.05, 0) is 23.8 Å². The lowest BCUT2D eigenvalue weighted by Gasteiger charge is -2.03. The van der Waals surface area contributed by atoms with Gasteiger partial charge in [0.15, 0.2) is 0 Å². The molecule has 0 aromatic carbocycles. The quantitative estimate of drug-likeness (QED) is 0.807. The van der Waals surface area contributed by atoms with E-state index >= 15 is 0 Å². The van der Waals surface area contributed by atoms with Crippen molar-refractivity contribution in [3.8, 4) is 11.1 Å². The number of aliphatic hydroxyl groups excluding tert-OH is 1. The van der Waals surface area contributed by atoms with E-state index in [1.165, 1.54) is 18.5 Å². The number of carboxylic acids is 1. The first kappa shape index (κ1) is 11.8. The van der Waals surface area contributed by atoms with Gasteiger partial charge in [-0.2, -0.15) is 0 Å². The summed E-state index contributed by atoms with van der Waals surface area (Å²) in [5.41, 5.74) is 1.80. The minimum absolute atomic E-state index is 0.0249. The summed E-state index contributed by atoms with van der Waals surface area (Å²) in [6.07, 6.45) is 2.97. The summed E-state index contributed by atoms with van der Waals surface area (Å²) in [6.45, 7) is 3.37. The topological polar surface area (TPSA) is 83.3 Å². The summed E-state index contributed by atoms with van der Waals surface area (Å²) >= 11 is 0. The van der Waals surface area contributed by atoms with Crippen molar-refractivity contribution in [1.82, 2.24) is 9.97 Å². The van der Waals surface area contributed by atoms with Crippen LogP contribution < -0.4 is 0 Å². The molecule has 0 saturated carbocycles. The summed E-state index contributed by atoms with van der Waals surface area (Å²) in [7, 11) is 0. The van der Waals surface area contributed by atoms with E-state index in [0.29, 0.717) is 11.3 Å². The van der Waals surface area contributed by atoms with Crippen LogP contribution in [0.15, 0.2) is 43.2 Å². The number of hydrogen-bond donors (Lipinski definition) is 2. The van der Waals surface area contributed by atoms with E-state index in [1.54, 1.807) is 18.2 Å². The van der Waals surface area contributed by atoms with Crippen LogP contribution in [-0.2, 0) is 0 Å². The van der Waals surface area contributed by atoms with E-state index in [2.05, 4.69) is 16.5 Å². The molecule has 0 atom stereocenters. The third-order valence-corrected chi connectivity index (χ3v) is 2.37. The third kappa shape index (κ3) is 2.35. The van der Waals surface area contributed by atoms with Gasteiger partial charge in [-0.3, -0.25) is 4.98 Å². The summed E-state index contributed by atoms with van der Waals surface area (Å²) in [6, 6.07) is 6.49. The Labute approximate surface area is 103 Å². The van der Waals surface area contributed by atoms with Crippen molar-refractivity contribution in [3.63, 3.8) is 0 Å². The molecule has 0 amide bonds. The Bertz CT molecular complexity index is 606. The Morgan fingerprint density at radius 2 is 1.83 bits per heavy atom. The van der Waals surface area contributed by atoms with Gasteiger partial charge in [-0.1, -0.05) is 12.6 Å². The molecule has 0 radical (unpaired) electrons. The summed E-state index contributed by atoms with van der Waals surface area (Å²) < 4.78 is 0. The maximum Gasteiger partial charge on any atom is 0.354 e. The van der Waals surface area contributed by atoms with Crippen molar-refractivity contribution in [1.29, 1.82) is 0 Å². The zero-order valence-electron chi connectivity index (χ0n) is 9.37. The number of aromatic carboxylic acids is 1. The minimum Gasteiger partial charge on any atom is -0.506 e. The van der Waals surface area contributed by atoms with Crippen LogP contribution in [0.4, 0.5) is 0 Å². The van der Waals surface area contributed by atoms with Gasteiger partial charge in [0, 0.05) is 18.0 Å². The molecular formula is C13H10N2O3. The Morgan fingerprint density at radius 3 is 2.39 bits per heavy atom. The zero-order chi connectivity index (χ0) is 13.1. The lowest BCUT2D eigenvalue weighted by Crippen LogP contribution is -1.99. The fourth-order valence-corrected chi connectivity index (χ4v) is 1.46. The second-order valence-corrected chi connectivity index (χ2v) is 3.61. The highest BCUT2D eigenvalue weighted by molar-refractivity contribution is 5.87. The smallest absolute Gasteiger partial charge is 0.354 e. The highest BCUT2D eigenvalue weighted by Gasteiger charge is 2.07. The van der Waals surface area contributed by atoms with Gasteiger partial charge in [-0.25, -0.2) is 9.78 Å². The number of rotatable bonds is 3. The zero-order valence-corrected chi connectivity index (χ0v) is 9.37. The largest absolute Gasteiger partial charge is 0.506 e. The third-order valence-electron chi connectivity index (χ3n) is 2.37. The molecule has 2 aromatic rings.